The van der Waals surface area contributed by atoms with Gasteiger partial charge in [-0.1, -0.05) is 18.2 Å². The van der Waals surface area contributed by atoms with Crippen LogP contribution in [-0.4, -0.2) is 43.5 Å². The van der Waals surface area contributed by atoms with Gasteiger partial charge in [-0.15, -0.1) is 0 Å². The molecular weight excluding hydrogens is 390 g/mol. The van der Waals surface area contributed by atoms with Gasteiger partial charge in [-0.2, -0.15) is 0 Å². The quantitative estimate of drug-likeness (QED) is 0.515. The molecule has 6 nitrogen and oxygen atoms in total. The fourth-order valence-corrected chi connectivity index (χ4v) is 3.14. The largest absolute Gasteiger partial charge is 0.490 e. The fourth-order valence-electron chi connectivity index (χ4n) is 3.14. The molecule has 0 aliphatic rings. The van der Waals surface area contributed by atoms with E-state index in [4.69, 9.17) is 9.47 Å². The number of hydrogen-bond donors (Lipinski definition) is 0. The number of ether oxygens (including phenoxy) is 2. The summed E-state index contributed by atoms with van der Waals surface area (Å²) < 4.78 is 11.6. The first-order valence-corrected chi connectivity index (χ1v) is 10.3. The van der Waals surface area contributed by atoms with Crippen LogP contribution in [0.2, 0.25) is 0 Å². The molecule has 0 fully saturated rings. The Morgan fingerprint density at radius 2 is 1.71 bits per heavy atom. The van der Waals surface area contributed by atoms with Crippen molar-refractivity contribution < 1.29 is 14.3 Å². The van der Waals surface area contributed by atoms with Crippen molar-refractivity contribution in [1.29, 1.82) is 0 Å². The molecule has 2 aromatic carbocycles. The van der Waals surface area contributed by atoms with E-state index < -0.39 is 0 Å². The fraction of sp³-hybridized carbons (Fsp3) is 0.280. The van der Waals surface area contributed by atoms with Gasteiger partial charge in [0.05, 0.1) is 6.61 Å². The van der Waals surface area contributed by atoms with Crippen LogP contribution in [0.25, 0.3) is 0 Å². The van der Waals surface area contributed by atoms with Gasteiger partial charge in [-0.05, 0) is 48.9 Å². The molecule has 6 heteroatoms. The summed E-state index contributed by atoms with van der Waals surface area (Å²) in [5.41, 5.74) is 3.72. The summed E-state index contributed by atoms with van der Waals surface area (Å²) in [6.45, 7) is 3.29. The van der Waals surface area contributed by atoms with Gasteiger partial charge in [0.25, 0.3) is 5.91 Å². The predicted octanol–water partition coefficient (Wildman–Crippen LogP) is 4.40. The molecule has 3 rings (SSSR count). The molecule has 1 heterocycles. The Morgan fingerprint density at radius 3 is 2.35 bits per heavy atom. The van der Waals surface area contributed by atoms with E-state index in [2.05, 4.69) is 17.1 Å². The summed E-state index contributed by atoms with van der Waals surface area (Å²) in [6, 6.07) is 17.3. The van der Waals surface area contributed by atoms with E-state index in [0.29, 0.717) is 36.8 Å². The zero-order valence-corrected chi connectivity index (χ0v) is 18.5. The predicted molar refractivity (Wildman–Crippen MR) is 123 cm³/mol. The van der Waals surface area contributed by atoms with Gasteiger partial charge in [-0.25, -0.2) is 0 Å². The summed E-state index contributed by atoms with van der Waals surface area (Å²) in [5.74, 6) is 1.08. The molecule has 0 aliphatic carbocycles. The van der Waals surface area contributed by atoms with Crippen LogP contribution in [0.3, 0.4) is 0 Å². The van der Waals surface area contributed by atoms with Crippen molar-refractivity contribution in [2.45, 2.75) is 20.1 Å². The van der Waals surface area contributed by atoms with Gasteiger partial charge in [0.2, 0.25) is 0 Å². The van der Waals surface area contributed by atoms with Crippen LogP contribution >= 0.6 is 0 Å². The van der Waals surface area contributed by atoms with Crippen LogP contribution in [-0.2, 0) is 13.2 Å². The normalized spacial score (nSPS) is 10.5. The average molecular weight is 420 g/mol. The lowest BCUT2D eigenvalue weighted by atomic mass is 10.1. The smallest absolute Gasteiger partial charge is 0.254 e. The van der Waals surface area contributed by atoms with Crippen LogP contribution in [0.4, 0.5) is 5.69 Å². The molecule has 3 aromatic rings. The highest BCUT2D eigenvalue weighted by Crippen LogP contribution is 2.30. The Labute approximate surface area is 184 Å². The minimum atomic E-state index is -0.0727. The monoisotopic (exact) mass is 419 g/mol. The second-order valence-corrected chi connectivity index (χ2v) is 7.47. The van der Waals surface area contributed by atoms with Crippen LogP contribution in [0.15, 0.2) is 67.0 Å². The second-order valence-electron chi connectivity index (χ2n) is 7.47. The highest BCUT2D eigenvalue weighted by atomic mass is 16.5. The van der Waals surface area contributed by atoms with Gasteiger partial charge in [0.15, 0.2) is 11.5 Å². The molecule has 0 N–H and O–H groups in total. The highest BCUT2D eigenvalue weighted by molar-refractivity contribution is 5.94. The van der Waals surface area contributed by atoms with E-state index >= 15 is 0 Å². The molecule has 162 valence electrons. The summed E-state index contributed by atoms with van der Waals surface area (Å²) in [6.07, 6.45) is 3.49. The Hall–Kier alpha value is -3.54. The molecule has 0 unspecified atom stereocenters. The SMILES string of the molecule is CCOc1cc(C(=O)N(C)Cc2ccc(N(C)C)cc2)ccc1OCc1cccnc1. The topological polar surface area (TPSA) is 54.9 Å². The van der Waals surface area contributed by atoms with Crippen LogP contribution in [0.1, 0.15) is 28.4 Å². The van der Waals surface area contributed by atoms with E-state index in [1.807, 2.05) is 50.2 Å². The van der Waals surface area contributed by atoms with Crippen molar-refractivity contribution in [1.82, 2.24) is 9.88 Å². The highest BCUT2D eigenvalue weighted by Gasteiger charge is 2.16. The van der Waals surface area contributed by atoms with E-state index in [1.165, 1.54) is 0 Å². The Bertz CT molecular complexity index is 989. The van der Waals surface area contributed by atoms with Crippen molar-refractivity contribution in [2.75, 3.05) is 32.6 Å². The van der Waals surface area contributed by atoms with Crippen molar-refractivity contribution in [3.63, 3.8) is 0 Å². The number of hydrogen-bond acceptors (Lipinski definition) is 5. The molecule has 0 radical (unpaired) electrons. The number of nitrogens with zero attached hydrogens (tertiary/aromatic N) is 3. The van der Waals surface area contributed by atoms with E-state index in [1.54, 1.807) is 42.5 Å². The first-order chi connectivity index (χ1) is 15.0. The molecule has 0 bridgehead atoms. The number of rotatable bonds is 9. The number of pyridine rings is 1. The van der Waals surface area contributed by atoms with Gasteiger partial charge < -0.3 is 19.3 Å². The second kappa shape index (κ2) is 10.5. The first kappa shape index (κ1) is 22.2. The molecule has 0 saturated heterocycles. The third-order valence-corrected chi connectivity index (χ3v) is 4.83. The molecule has 1 aromatic heterocycles. The zero-order valence-electron chi connectivity index (χ0n) is 18.5. The van der Waals surface area contributed by atoms with Crippen LogP contribution in [0, 0.1) is 0 Å². The molecule has 0 spiro atoms. The number of carbonyl (C=O) groups is 1. The number of aromatic nitrogens is 1. The van der Waals surface area contributed by atoms with Crippen molar-refractivity contribution in [2.24, 2.45) is 0 Å². The number of anilines is 1. The average Bonchev–Trinajstić information content (AvgIpc) is 2.79. The maximum absolute atomic E-state index is 13.0. The van der Waals surface area contributed by atoms with Crippen LogP contribution < -0.4 is 14.4 Å². The number of amides is 1. The van der Waals surface area contributed by atoms with Crippen molar-refractivity contribution in [3.8, 4) is 11.5 Å². The molecular formula is C25H29N3O3. The van der Waals surface area contributed by atoms with Gasteiger partial charge in [0.1, 0.15) is 6.61 Å². The molecule has 0 saturated carbocycles. The Kier molecular flexibility index (Phi) is 7.49. The molecule has 1 amide bonds. The standard InChI is InChI=1S/C25H29N3O3/c1-5-30-24-15-21(10-13-23(24)31-18-20-7-6-14-26-16-20)25(29)28(4)17-19-8-11-22(12-9-19)27(2)3/h6-16H,5,17-18H2,1-4H3. The van der Waals surface area contributed by atoms with Gasteiger partial charge in [0, 0.05) is 56.9 Å². The summed E-state index contributed by atoms with van der Waals surface area (Å²) in [5, 5.41) is 0. The van der Waals surface area contributed by atoms with Gasteiger partial charge >= 0.3 is 0 Å². The Balaban J connectivity index is 1.70. The third kappa shape index (κ3) is 5.98. The van der Waals surface area contributed by atoms with E-state index in [-0.39, 0.29) is 5.91 Å². The zero-order chi connectivity index (χ0) is 22.2. The first-order valence-electron chi connectivity index (χ1n) is 10.3. The maximum Gasteiger partial charge on any atom is 0.254 e. The summed E-state index contributed by atoms with van der Waals surface area (Å²) in [7, 11) is 5.81. The summed E-state index contributed by atoms with van der Waals surface area (Å²) >= 11 is 0. The minimum absolute atomic E-state index is 0.0727. The molecule has 0 atom stereocenters. The molecule has 0 aliphatic heterocycles. The maximum atomic E-state index is 13.0. The Morgan fingerprint density at radius 1 is 0.935 bits per heavy atom. The lowest BCUT2D eigenvalue weighted by Crippen LogP contribution is -2.26. The molecule has 31 heavy (non-hydrogen) atoms. The summed E-state index contributed by atoms with van der Waals surface area (Å²) in [4.78, 5) is 20.8. The lowest BCUT2D eigenvalue weighted by Gasteiger charge is -2.19. The minimum Gasteiger partial charge on any atom is -0.490 e. The van der Waals surface area contributed by atoms with Gasteiger partial charge in [-0.3, -0.25) is 9.78 Å². The van der Waals surface area contributed by atoms with Crippen molar-refractivity contribution >= 4 is 11.6 Å². The number of benzene rings is 2. The van der Waals surface area contributed by atoms with Crippen molar-refractivity contribution in [3.05, 3.63) is 83.7 Å². The van der Waals surface area contributed by atoms with Crippen LogP contribution in [0.5, 0.6) is 11.5 Å². The van der Waals surface area contributed by atoms with E-state index in [9.17, 15) is 4.79 Å². The number of carbonyl (C=O) groups excluding carboxylic acids is 1. The van der Waals surface area contributed by atoms with E-state index in [0.717, 1.165) is 16.8 Å². The third-order valence-electron chi connectivity index (χ3n) is 4.83. The lowest BCUT2D eigenvalue weighted by molar-refractivity contribution is 0.0784.